The molecule has 0 spiro atoms. The second kappa shape index (κ2) is 7.29. The maximum absolute atomic E-state index is 12.2. The number of anilines is 1. The first-order chi connectivity index (χ1) is 9.69. The molecule has 0 bridgehead atoms. The Balaban J connectivity index is 1.80. The number of nitrogens with two attached hydrogens (primary N) is 1. The summed E-state index contributed by atoms with van der Waals surface area (Å²) in [4.78, 5) is 14.2. The van der Waals surface area contributed by atoms with E-state index in [9.17, 15) is 4.79 Å². The van der Waals surface area contributed by atoms with Crippen molar-refractivity contribution < 1.29 is 9.53 Å². The van der Waals surface area contributed by atoms with Gasteiger partial charge in [0, 0.05) is 31.8 Å². The standard InChI is InChI=1S/C16H24N2O2/c1-2-20-15-4-3-11-18(12-15)16(19)10-7-13-5-8-14(17)9-6-13/h5-6,8-9,15H,2-4,7,10-12,17H2,1H3. The van der Waals surface area contributed by atoms with Crippen molar-refractivity contribution in [3.05, 3.63) is 29.8 Å². The van der Waals surface area contributed by atoms with Crippen LogP contribution in [0.5, 0.6) is 0 Å². The Morgan fingerprint density at radius 2 is 2.15 bits per heavy atom. The molecule has 1 aliphatic rings. The number of ether oxygens (including phenoxy) is 1. The van der Waals surface area contributed by atoms with E-state index in [-0.39, 0.29) is 12.0 Å². The van der Waals surface area contributed by atoms with Crippen molar-refractivity contribution in [1.29, 1.82) is 0 Å². The molecule has 0 aliphatic carbocycles. The summed E-state index contributed by atoms with van der Waals surface area (Å²) in [5.41, 5.74) is 7.57. The van der Waals surface area contributed by atoms with Crippen LogP contribution in [0.1, 0.15) is 31.7 Å². The number of benzene rings is 1. The third kappa shape index (κ3) is 4.23. The Morgan fingerprint density at radius 1 is 1.40 bits per heavy atom. The van der Waals surface area contributed by atoms with E-state index in [1.54, 1.807) is 0 Å². The van der Waals surface area contributed by atoms with Gasteiger partial charge in [-0.3, -0.25) is 4.79 Å². The first-order valence-electron chi connectivity index (χ1n) is 7.43. The van der Waals surface area contributed by atoms with E-state index in [2.05, 4.69) is 0 Å². The molecule has 4 nitrogen and oxygen atoms in total. The van der Waals surface area contributed by atoms with Gasteiger partial charge < -0.3 is 15.4 Å². The number of carbonyl (C=O) groups is 1. The first-order valence-corrected chi connectivity index (χ1v) is 7.43. The molecule has 1 fully saturated rings. The molecule has 0 saturated carbocycles. The van der Waals surface area contributed by atoms with E-state index in [1.807, 2.05) is 36.1 Å². The number of nitrogen functional groups attached to an aromatic ring is 1. The van der Waals surface area contributed by atoms with Crippen molar-refractivity contribution in [1.82, 2.24) is 4.90 Å². The molecule has 110 valence electrons. The fourth-order valence-electron chi connectivity index (χ4n) is 2.63. The second-order valence-electron chi connectivity index (χ2n) is 5.30. The van der Waals surface area contributed by atoms with Crippen molar-refractivity contribution in [2.24, 2.45) is 0 Å². The predicted molar refractivity (Wildman–Crippen MR) is 80.4 cm³/mol. The number of rotatable bonds is 5. The summed E-state index contributed by atoms with van der Waals surface area (Å²) < 4.78 is 5.63. The Bertz CT molecular complexity index is 429. The van der Waals surface area contributed by atoms with Gasteiger partial charge in [-0.2, -0.15) is 0 Å². The Morgan fingerprint density at radius 3 is 2.85 bits per heavy atom. The number of hydrogen-bond donors (Lipinski definition) is 1. The lowest BCUT2D eigenvalue weighted by Crippen LogP contribution is -2.43. The molecule has 1 heterocycles. The smallest absolute Gasteiger partial charge is 0.222 e. The van der Waals surface area contributed by atoms with Crippen molar-refractivity contribution in [2.45, 2.75) is 38.7 Å². The van der Waals surface area contributed by atoms with Crippen LogP contribution in [0.4, 0.5) is 5.69 Å². The molecule has 2 rings (SSSR count). The fraction of sp³-hybridized carbons (Fsp3) is 0.562. The molecular weight excluding hydrogens is 252 g/mol. The number of piperidine rings is 1. The van der Waals surface area contributed by atoms with Crippen LogP contribution < -0.4 is 5.73 Å². The van der Waals surface area contributed by atoms with Crippen molar-refractivity contribution in [3.8, 4) is 0 Å². The van der Waals surface area contributed by atoms with Gasteiger partial charge in [-0.05, 0) is 43.9 Å². The summed E-state index contributed by atoms with van der Waals surface area (Å²) in [6.45, 7) is 4.33. The molecule has 1 amide bonds. The van der Waals surface area contributed by atoms with Crippen LogP contribution in [-0.4, -0.2) is 36.6 Å². The van der Waals surface area contributed by atoms with Crippen LogP contribution in [-0.2, 0) is 16.0 Å². The van der Waals surface area contributed by atoms with Gasteiger partial charge in [0.15, 0.2) is 0 Å². The molecule has 1 aliphatic heterocycles. The largest absolute Gasteiger partial charge is 0.399 e. The normalized spacial score (nSPS) is 19.1. The zero-order chi connectivity index (χ0) is 14.4. The number of hydrogen-bond acceptors (Lipinski definition) is 3. The lowest BCUT2D eigenvalue weighted by Gasteiger charge is -2.32. The lowest BCUT2D eigenvalue weighted by molar-refractivity contribution is -0.135. The Hall–Kier alpha value is -1.55. The van der Waals surface area contributed by atoms with Crippen molar-refractivity contribution in [2.75, 3.05) is 25.4 Å². The predicted octanol–water partition coefficient (Wildman–Crippen LogP) is 2.23. The average Bonchev–Trinajstić information content (AvgIpc) is 2.47. The first kappa shape index (κ1) is 14.9. The fourth-order valence-corrected chi connectivity index (χ4v) is 2.63. The molecule has 4 heteroatoms. The summed E-state index contributed by atoms with van der Waals surface area (Å²) in [6.07, 6.45) is 3.65. The molecule has 20 heavy (non-hydrogen) atoms. The van der Waals surface area contributed by atoms with Gasteiger partial charge in [-0.15, -0.1) is 0 Å². The van der Waals surface area contributed by atoms with Crippen LogP contribution in [0.25, 0.3) is 0 Å². The molecule has 1 saturated heterocycles. The third-order valence-electron chi connectivity index (χ3n) is 3.74. The molecule has 0 aromatic heterocycles. The minimum atomic E-state index is 0.217. The summed E-state index contributed by atoms with van der Waals surface area (Å²) in [6, 6.07) is 7.74. The second-order valence-corrected chi connectivity index (χ2v) is 5.30. The van der Waals surface area contributed by atoms with Crippen molar-refractivity contribution >= 4 is 11.6 Å². The van der Waals surface area contributed by atoms with E-state index in [4.69, 9.17) is 10.5 Å². The number of likely N-dealkylation sites (tertiary alicyclic amines) is 1. The molecule has 1 atom stereocenters. The monoisotopic (exact) mass is 276 g/mol. The minimum absolute atomic E-state index is 0.217. The zero-order valence-electron chi connectivity index (χ0n) is 12.2. The number of aryl methyl sites for hydroxylation is 1. The quantitative estimate of drug-likeness (QED) is 0.839. The van der Waals surface area contributed by atoms with Gasteiger partial charge in [0.05, 0.1) is 6.10 Å². The van der Waals surface area contributed by atoms with Crippen LogP contribution >= 0.6 is 0 Å². The SMILES string of the molecule is CCOC1CCCN(C(=O)CCc2ccc(N)cc2)C1. The van der Waals surface area contributed by atoms with Gasteiger partial charge in [-0.25, -0.2) is 0 Å². The van der Waals surface area contributed by atoms with E-state index in [0.29, 0.717) is 6.42 Å². The van der Waals surface area contributed by atoms with Gasteiger partial charge >= 0.3 is 0 Å². The van der Waals surface area contributed by atoms with Crippen LogP contribution in [0.3, 0.4) is 0 Å². The molecule has 1 aromatic rings. The van der Waals surface area contributed by atoms with Crippen LogP contribution in [0.2, 0.25) is 0 Å². The summed E-state index contributed by atoms with van der Waals surface area (Å²) in [5, 5.41) is 0. The number of amides is 1. The Kier molecular flexibility index (Phi) is 5.41. The van der Waals surface area contributed by atoms with E-state index < -0.39 is 0 Å². The zero-order valence-corrected chi connectivity index (χ0v) is 12.2. The topological polar surface area (TPSA) is 55.6 Å². The highest BCUT2D eigenvalue weighted by Gasteiger charge is 2.23. The molecule has 1 unspecified atom stereocenters. The summed E-state index contributed by atoms with van der Waals surface area (Å²) >= 11 is 0. The number of nitrogens with zero attached hydrogens (tertiary/aromatic N) is 1. The van der Waals surface area contributed by atoms with Crippen LogP contribution in [0.15, 0.2) is 24.3 Å². The van der Waals surface area contributed by atoms with E-state index in [1.165, 1.54) is 0 Å². The van der Waals surface area contributed by atoms with Gasteiger partial charge in [0.1, 0.15) is 0 Å². The Labute approximate surface area is 120 Å². The van der Waals surface area contributed by atoms with Gasteiger partial charge in [0.2, 0.25) is 5.91 Å². The molecule has 1 aromatic carbocycles. The van der Waals surface area contributed by atoms with E-state index in [0.717, 1.165) is 50.2 Å². The van der Waals surface area contributed by atoms with Gasteiger partial charge in [0.25, 0.3) is 0 Å². The van der Waals surface area contributed by atoms with Gasteiger partial charge in [-0.1, -0.05) is 12.1 Å². The highest BCUT2D eigenvalue weighted by molar-refractivity contribution is 5.76. The minimum Gasteiger partial charge on any atom is -0.399 e. The average molecular weight is 276 g/mol. The summed E-state index contributed by atoms with van der Waals surface area (Å²) in [7, 11) is 0. The highest BCUT2D eigenvalue weighted by Crippen LogP contribution is 2.15. The molecule has 2 N–H and O–H groups in total. The third-order valence-corrected chi connectivity index (χ3v) is 3.74. The maximum atomic E-state index is 12.2. The molecular formula is C16H24N2O2. The summed E-state index contributed by atoms with van der Waals surface area (Å²) in [5.74, 6) is 0.228. The highest BCUT2D eigenvalue weighted by atomic mass is 16.5. The van der Waals surface area contributed by atoms with E-state index >= 15 is 0 Å². The van der Waals surface area contributed by atoms with Crippen molar-refractivity contribution in [3.63, 3.8) is 0 Å². The number of carbonyl (C=O) groups excluding carboxylic acids is 1. The maximum Gasteiger partial charge on any atom is 0.222 e. The lowest BCUT2D eigenvalue weighted by atomic mass is 10.1. The van der Waals surface area contributed by atoms with Crippen LogP contribution in [0, 0.1) is 0 Å². The molecule has 0 radical (unpaired) electrons.